The van der Waals surface area contributed by atoms with E-state index in [1.807, 2.05) is 6.07 Å². The third kappa shape index (κ3) is 4.74. The van der Waals surface area contributed by atoms with Gasteiger partial charge < -0.3 is 16.0 Å². The van der Waals surface area contributed by atoms with Crippen LogP contribution in [0, 0.1) is 11.8 Å². The first-order valence-corrected chi connectivity index (χ1v) is 9.52. The average Bonchev–Trinajstić information content (AvgIpc) is 2.64. The summed E-state index contributed by atoms with van der Waals surface area (Å²) in [5, 5.41) is 3.30. The van der Waals surface area contributed by atoms with Crippen LogP contribution in [0.1, 0.15) is 44.1 Å². The number of nitrogens with one attached hydrogen (secondary N) is 1. The molecule has 3 amide bonds. The van der Waals surface area contributed by atoms with E-state index < -0.39 is 6.03 Å². The highest BCUT2D eigenvalue weighted by Gasteiger charge is 2.31. The number of piperidine rings is 1. The first kappa shape index (κ1) is 17.8. The van der Waals surface area contributed by atoms with E-state index >= 15 is 0 Å². The Balaban J connectivity index is 1.59. The van der Waals surface area contributed by atoms with Gasteiger partial charge in [-0.05, 0) is 43.6 Å². The molecule has 0 aromatic heterocycles. The second kappa shape index (κ2) is 8.37. The number of hydrogen-bond donors (Lipinski definition) is 2. The zero-order valence-corrected chi connectivity index (χ0v) is 14.8. The molecule has 25 heavy (non-hydrogen) atoms. The Morgan fingerprint density at radius 2 is 1.84 bits per heavy atom. The fraction of sp³-hybridized carbons (Fsp3) is 0.600. The molecule has 5 heteroatoms. The number of primary amides is 1. The van der Waals surface area contributed by atoms with Crippen molar-refractivity contribution in [2.45, 2.75) is 51.0 Å². The van der Waals surface area contributed by atoms with E-state index in [2.05, 4.69) is 29.6 Å². The highest BCUT2D eigenvalue weighted by Crippen LogP contribution is 2.28. The summed E-state index contributed by atoms with van der Waals surface area (Å²) in [7, 11) is 0. The summed E-state index contributed by atoms with van der Waals surface area (Å²) in [5.74, 6) is 0.465. The number of hydrogen-bond acceptors (Lipinski definition) is 2. The minimum Gasteiger partial charge on any atom is -0.353 e. The SMILES string of the molecule is NC(=O)N1CCCC(C(=O)NC2CCCCC2Cc2ccccc2)C1. The highest BCUT2D eigenvalue weighted by atomic mass is 16.2. The quantitative estimate of drug-likeness (QED) is 0.882. The van der Waals surface area contributed by atoms with Crippen molar-refractivity contribution in [3.05, 3.63) is 35.9 Å². The largest absolute Gasteiger partial charge is 0.353 e. The van der Waals surface area contributed by atoms with Crippen LogP contribution < -0.4 is 11.1 Å². The molecule has 0 spiro atoms. The van der Waals surface area contributed by atoms with E-state index in [0.29, 0.717) is 19.0 Å². The lowest BCUT2D eigenvalue weighted by Crippen LogP contribution is -2.50. The highest BCUT2D eigenvalue weighted by molar-refractivity contribution is 5.80. The van der Waals surface area contributed by atoms with Crippen LogP contribution in [0.15, 0.2) is 30.3 Å². The lowest BCUT2D eigenvalue weighted by molar-refractivity contribution is -0.127. The molecule has 2 fully saturated rings. The fourth-order valence-electron chi connectivity index (χ4n) is 4.25. The lowest BCUT2D eigenvalue weighted by atomic mass is 9.80. The Kier molecular flexibility index (Phi) is 5.95. The number of carbonyl (C=O) groups is 2. The molecule has 3 atom stereocenters. The van der Waals surface area contributed by atoms with E-state index in [-0.39, 0.29) is 17.9 Å². The molecule has 2 aliphatic rings. The normalized spacial score (nSPS) is 26.9. The number of likely N-dealkylation sites (tertiary alicyclic amines) is 1. The molecule has 136 valence electrons. The summed E-state index contributed by atoms with van der Waals surface area (Å²) in [6.45, 7) is 1.12. The van der Waals surface area contributed by atoms with Crippen LogP contribution in [-0.2, 0) is 11.2 Å². The van der Waals surface area contributed by atoms with Gasteiger partial charge in [0, 0.05) is 19.1 Å². The molecule has 0 radical (unpaired) electrons. The van der Waals surface area contributed by atoms with Gasteiger partial charge >= 0.3 is 6.03 Å². The van der Waals surface area contributed by atoms with Gasteiger partial charge in [0.1, 0.15) is 0 Å². The van der Waals surface area contributed by atoms with Crippen LogP contribution in [0.2, 0.25) is 0 Å². The zero-order valence-electron chi connectivity index (χ0n) is 14.8. The second-order valence-electron chi connectivity index (χ2n) is 7.47. The van der Waals surface area contributed by atoms with E-state index in [1.165, 1.54) is 18.4 Å². The fourth-order valence-corrected chi connectivity index (χ4v) is 4.25. The third-order valence-corrected chi connectivity index (χ3v) is 5.68. The van der Waals surface area contributed by atoms with Crippen molar-refractivity contribution in [2.75, 3.05) is 13.1 Å². The maximum Gasteiger partial charge on any atom is 0.314 e. The van der Waals surface area contributed by atoms with Crippen LogP contribution in [0.4, 0.5) is 4.79 Å². The van der Waals surface area contributed by atoms with Gasteiger partial charge in [-0.1, -0.05) is 43.2 Å². The van der Waals surface area contributed by atoms with Gasteiger partial charge in [0.25, 0.3) is 0 Å². The number of urea groups is 1. The molecule has 3 unspecified atom stereocenters. The molecular weight excluding hydrogens is 314 g/mol. The van der Waals surface area contributed by atoms with Crippen molar-refractivity contribution < 1.29 is 9.59 Å². The predicted octanol–water partition coefficient (Wildman–Crippen LogP) is 2.69. The van der Waals surface area contributed by atoms with Gasteiger partial charge in [-0.25, -0.2) is 4.79 Å². The molecule has 1 aromatic carbocycles. The van der Waals surface area contributed by atoms with Crippen molar-refractivity contribution in [2.24, 2.45) is 17.6 Å². The predicted molar refractivity (Wildman–Crippen MR) is 97.9 cm³/mol. The van der Waals surface area contributed by atoms with Crippen LogP contribution in [0.25, 0.3) is 0 Å². The minimum atomic E-state index is -0.419. The summed E-state index contributed by atoms with van der Waals surface area (Å²) in [5.41, 5.74) is 6.72. The first-order chi connectivity index (χ1) is 12.1. The van der Waals surface area contributed by atoms with Crippen molar-refractivity contribution >= 4 is 11.9 Å². The van der Waals surface area contributed by atoms with E-state index in [4.69, 9.17) is 5.73 Å². The number of amides is 3. The molecule has 3 rings (SSSR count). The Hall–Kier alpha value is -2.04. The molecule has 1 aliphatic heterocycles. The summed E-state index contributed by atoms with van der Waals surface area (Å²) in [4.78, 5) is 25.7. The third-order valence-electron chi connectivity index (χ3n) is 5.68. The minimum absolute atomic E-state index is 0.0934. The van der Waals surface area contributed by atoms with E-state index in [1.54, 1.807) is 4.90 Å². The molecule has 3 N–H and O–H groups in total. The lowest BCUT2D eigenvalue weighted by Gasteiger charge is -2.35. The molecule has 1 heterocycles. The van der Waals surface area contributed by atoms with Crippen molar-refractivity contribution in [3.8, 4) is 0 Å². The van der Waals surface area contributed by atoms with E-state index in [0.717, 1.165) is 32.1 Å². The van der Waals surface area contributed by atoms with Gasteiger partial charge in [0.2, 0.25) is 5.91 Å². The van der Waals surface area contributed by atoms with Gasteiger partial charge in [0.15, 0.2) is 0 Å². The topological polar surface area (TPSA) is 75.4 Å². The maximum absolute atomic E-state index is 12.7. The van der Waals surface area contributed by atoms with Crippen LogP contribution in [0.3, 0.4) is 0 Å². The number of carbonyl (C=O) groups excluding carboxylic acids is 2. The van der Waals surface area contributed by atoms with Crippen molar-refractivity contribution in [1.29, 1.82) is 0 Å². The van der Waals surface area contributed by atoms with Gasteiger partial charge in [0.05, 0.1) is 5.92 Å². The Labute approximate surface area is 150 Å². The Morgan fingerprint density at radius 3 is 2.60 bits per heavy atom. The standard InChI is InChI=1S/C20H29N3O2/c21-20(25)23-12-6-10-17(14-23)19(24)22-18-11-5-4-9-16(18)13-15-7-2-1-3-8-15/h1-3,7-8,16-18H,4-6,9-14H2,(H2,21,25)(H,22,24). The number of nitrogens with two attached hydrogens (primary N) is 1. The summed E-state index contributed by atoms with van der Waals surface area (Å²) in [6.07, 6.45) is 7.33. The second-order valence-corrected chi connectivity index (χ2v) is 7.47. The summed E-state index contributed by atoms with van der Waals surface area (Å²) < 4.78 is 0. The van der Waals surface area contributed by atoms with Crippen LogP contribution >= 0.6 is 0 Å². The number of benzene rings is 1. The first-order valence-electron chi connectivity index (χ1n) is 9.52. The average molecular weight is 343 g/mol. The number of nitrogens with zero attached hydrogens (tertiary/aromatic N) is 1. The van der Waals surface area contributed by atoms with Crippen LogP contribution in [0.5, 0.6) is 0 Å². The molecule has 1 aromatic rings. The molecule has 0 bridgehead atoms. The van der Waals surface area contributed by atoms with Crippen molar-refractivity contribution in [1.82, 2.24) is 10.2 Å². The van der Waals surface area contributed by atoms with E-state index in [9.17, 15) is 9.59 Å². The Morgan fingerprint density at radius 1 is 1.08 bits per heavy atom. The Bertz CT molecular complexity index is 590. The van der Waals surface area contributed by atoms with Gasteiger partial charge in [-0.2, -0.15) is 0 Å². The molecular formula is C20H29N3O2. The summed E-state index contributed by atoms with van der Waals surface area (Å²) >= 11 is 0. The summed E-state index contributed by atoms with van der Waals surface area (Å²) in [6, 6.07) is 10.3. The number of rotatable bonds is 4. The monoisotopic (exact) mass is 343 g/mol. The molecule has 5 nitrogen and oxygen atoms in total. The van der Waals surface area contributed by atoms with Gasteiger partial charge in [-0.3, -0.25) is 4.79 Å². The molecule has 1 aliphatic carbocycles. The smallest absolute Gasteiger partial charge is 0.314 e. The van der Waals surface area contributed by atoms with Gasteiger partial charge in [-0.15, -0.1) is 0 Å². The zero-order chi connectivity index (χ0) is 17.6. The molecule has 1 saturated carbocycles. The van der Waals surface area contributed by atoms with Crippen LogP contribution in [-0.4, -0.2) is 36.0 Å². The maximum atomic E-state index is 12.7. The van der Waals surface area contributed by atoms with Crippen molar-refractivity contribution in [3.63, 3.8) is 0 Å². The molecule has 1 saturated heterocycles.